The van der Waals surface area contributed by atoms with Gasteiger partial charge in [0, 0.05) is 4.88 Å². The highest BCUT2D eigenvalue weighted by Gasteiger charge is 2.07. The Hall–Kier alpha value is -1.36. The lowest BCUT2D eigenvalue weighted by molar-refractivity contribution is -0.136. The van der Waals surface area contributed by atoms with E-state index >= 15 is 0 Å². The summed E-state index contributed by atoms with van der Waals surface area (Å²) in [7, 11) is 0. The maximum absolute atomic E-state index is 10.4. The van der Waals surface area contributed by atoms with Crippen molar-refractivity contribution in [1.29, 1.82) is 0 Å². The largest absolute Gasteiger partial charge is 0.481 e. The Bertz CT molecular complexity index is 329. The molecule has 0 bridgehead atoms. The summed E-state index contributed by atoms with van der Waals surface area (Å²) in [5.74, 6) is -1.84. The van der Waals surface area contributed by atoms with Crippen molar-refractivity contribution >= 4 is 23.3 Å². The van der Waals surface area contributed by atoms with Crippen LogP contribution in [0, 0.1) is 0 Å². The van der Waals surface area contributed by atoms with E-state index in [2.05, 4.69) is 0 Å². The van der Waals surface area contributed by atoms with Gasteiger partial charge in [0.1, 0.15) is 4.88 Å². The topological polar surface area (TPSA) is 74.6 Å². The molecule has 0 saturated heterocycles. The van der Waals surface area contributed by atoms with Gasteiger partial charge >= 0.3 is 11.9 Å². The first-order valence-corrected chi connectivity index (χ1v) is 4.45. The first-order chi connectivity index (χ1) is 6.09. The second-order valence-corrected chi connectivity index (χ2v) is 3.63. The van der Waals surface area contributed by atoms with Gasteiger partial charge in [-0.25, -0.2) is 4.79 Å². The van der Waals surface area contributed by atoms with E-state index in [0.29, 0.717) is 6.42 Å². The van der Waals surface area contributed by atoms with Crippen LogP contribution in [-0.2, 0) is 11.2 Å². The smallest absolute Gasteiger partial charge is 0.345 e. The third kappa shape index (κ3) is 2.87. The summed E-state index contributed by atoms with van der Waals surface area (Å²) in [6.45, 7) is 0. The van der Waals surface area contributed by atoms with Crippen molar-refractivity contribution in [3.8, 4) is 0 Å². The zero-order valence-corrected chi connectivity index (χ0v) is 7.50. The molecule has 1 aromatic heterocycles. The van der Waals surface area contributed by atoms with Crippen LogP contribution in [0.3, 0.4) is 0 Å². The summed E-state index contributed by atoms with van der Waals surface area (Å²) < 4.78 is 0. The molecule has 0 aliphatic carbocycles. The zero-order chi connectivity index (χ0) is 9.84. The molecule has 1 heterocycles. The lowest BCUT2D eigenvalue weighted by atomic mass is 10.3. The van der Waals surface area contributed by atoms with Gasteiger partial charge in [0.15, 0.2) is 0 Å². The van der Waals surface area contributed by atoms with Crippen molar-refractivity contribution in [2.75, 3.05) is 0 Å². The second-order valence-electron chi connectivity index (χ2n) is 2.46. The van der Waals surface area contributed by atoms with Crippen LogP contribution >= 0.6 is 11.3 Å². The van der Waals surface area contributed by atoms with Gasteiger partial charge in [-0.05, 0) is 18.6 Å². The van der Waals surface area contributed by atoms with E-state index in [0.717, 1.165) is 16.2 Å². The molecule has 0 atom stereocenters. The van der Waals surface area contributed by atoms with Crippen LogP contribution in [-0.4, -0.2) is 22.2 Å². The fourth-order valence-electron chi connectivity index (χ4n) is 0.857. The van der Waals surface area contributed by atoms with Crippen LogP contribution in [0.5, 0.6) is 0 Å². The lowest BCUT2D eigenvalue weighted by Crippen LogP contribution is -1.95. The fourth-order valence-corrected chi connectivity index (χ4v) is 1.70. The van der Waals surface area contributed by atoms with Gasteiger partial charge in [-0.2, -0.15) is 0 Å². The van der Waals surface area contributed by atoms with Crippen molar-refractivity contribution < 1.29 is 19.8 Å². The van der Waals surface area contributed by atoms with Crippen molar-refractivity contribution in [1.82, 2.24) is 0 Å². The van der Waals surface area contributed by atoms with E-state index in [9.17, 15) is 9.59 Å². The Morgan fingerprint density at radius 1 is 1.31 bits per heavy atom. The predicted molar refractivity (Wildman–Crippen MR) is 47.2 cm³/mol. The first kappa shape index (κ1) is 9.73. The number of aliphatic carboxylic acids is 1. The normalized spacial score (nSPS) is 9.85. The number of aryl methyl sites for hydroxylation is 1. The fraction of sp³-hybridized carbons (Fsp3) is 0.250. The molecule has 0 unspecified atom stereocenters. The summed E-state index contributed by atoms with van der Waals surface area (Å²) in [6, 6.07) is 3.14. The van der Waals surface area contributed by atoms with Crippen LogP contribution < -0.4 is 0 Å². The number of carboxylic acid groups (broad SMARTS) is 2. The number of hydrogen-bond acceptors (Lipinski definition) is 3. The minimum Gasteiger partial charge on any atom is -0.481 e. The molecule has 1 rings (SSSR count). The van der Waals surface area contributed by atoms with Gasteiger partial charge in [-0.3, -0.25) is 4.79 Å². The molecule has 2 N–H and O–H groups in total. The summed E-state index contributed by atoms with van der Waals surface area (Å²) in [4.78, 5) is 21.7. The third-order valence-corrected chi connectivity index (χ3v) is 2.59. The average molecular weight is 200 g/mol. The van der Waals surface area contributed by atoms with E-state index in [1.807, 2.05) is 0 Å². The standard InChI is InChI=1S/C8H8O4S/c9-7(10)4-2-5-1-3-6(13-5)8(11)12/h1,3H,2,4H2,(H,9,10)(H,11,12). The van der Waals surface area contributed by atoms with Gasteiger partial charge in [0.25, 0.3) is 0 Å². The van der Waals surface area contributed by atoms with E-state index in [4.69, 9.17) is 10.2 Å². The summed E-state index contributed by atoms with van der Waals surface area (Å²) >= 11 is 1.12. The Balaban J connectivity index is 2.59. The van der Waals surface area contributed by atoms with E-state index < -0.39 is 11.9 Å². The minimum absolute atomic E-state index is 0.0412. The molecule has 0 amide bonds. The van der Waals surface area contributed by atoms with E-state index in [1.54, 1.807) is 6.07 Å². The molecule has 0 aromatic carbocycles. The maximum atomic E-state index is 10.4. The highest BCUT2D eigenvalue weighted by atomic mass is 32.1. The maximum Gasteiger partial charge on any atom is 0.345 e. The zero-order valence-electron chi connectivity index (χ0n) is 6.69. The molecule has 0 aliphatic rings. The number of aromatic carboxylic acids is 1. The van der Waals surface area contributed by atoms with Crippen LogP contribution in [0.15, 0.2) is 12.1 Å². The molecule has 5 heteroatoms. The van der Waals surface area contributed by atoms with E-state index in [-0.39, 0.29) is 11.3 Å². The van der Waals surface area contributed by atoms with Crippen LogP contribution in [0.4, 0.5) is 0 Å². The van der Waals surface area contributed by atoms with Gasteiger partial charge in [0.05, 0.1) is 6.42 Å². The van der Waals surface area contributed by atoms with E-state index in [1.165, 1.54) is 6.07 Å². The number of carbonyl (C=O) groups is 2. The van der Waals surface area contributed by atoms with Crippen molar-refractivity contribution in [2.24, 2.45) is 0 Å². The molecule has 0 spiro atoms. The highest BCUT2D eigenvalue weighted by Crippen LogP contribution is 2.17. The van der Waals surface area contributed by atoms with Crippen LogP contribution in [0.1, 0.15) is 21.0 Å². The number of carboxylic acids is 2. The molecule has 0 saturated carbocycles. The Morgan fingerprint density at radius 3 is 2.46 bits per heavy atom. The average Bonchev–Trinajstić information content (AvgIpc) is 2.48. The Kier molecular flexibility index (Phi) is 3.02. The third-order valence-electron chi connectivity index (χ3n) is 1.46. The van der Waals surface area contributed by atoms with Gasteiger partial charge in [-0.1, -0.05) is 0 Å². The quantitative estimate of drug-likeness (QED) is 0.771. The molecule has 13 heavy (non-hydrogen) atoms. The summed E-state index contributed by atoms with van der Waals surface area (Å²) in [5, 5.41) is 16.9. The number of hydrogen-bond donors (Lipinski definition) is 2. The molecule has 1 aromatic rings. The van der Waals surface area contributed by atoms with Gasteiger partial charge in [0.2, 0.25) is 0 Å². The highest BCUT2D eigenvalue weighted by molar-refractivity contribution is 7.13. The SMILES string of the molecule is O=C(O)CCc1ccc(C(=O)O)s1. The molecular formula is C8H8O4S. The van der Waals surface area contributed by atoms with Crippen molar-refractivity contribution in [3.63, 3.8) is 0 Å². The van der Waals surface area contributed by atoms with Gasteiger partial charge in [-0.15, -0.1) is 11.3 Å². The summed E-state index contributed by atoms with van der Waals surface area (Å²) in [5.41, 5.74) is 0. The molecule has 70 valence electrons. The Labute approximate surface area is 78.4 Å². The monoisotopic (exact) mass is 200 g/mol. The molecule has 0 fully saturated rings. The number of rotatable bonds is 4. The minimum atomic E-state index is -0.966. The predicted octanol–water partition coefficient (Wildman–Crippen LogP) is 1.46. The molecule has 4 nitrogen and oxygen atoms in total. The molecule has 0 radical (unpaired) electrons. The van der Waals surface area contributed by atoms with Crippen LogP contribution in [0.2, 0.25) is 0 Å². The second kappa shape index (κ2) is 4.04. The molecular weight excluding hydrogens is 192 g/mol. The van der Waals surface area contributed by atoms with Gasteiger partial charge < -0.3 is 10.2 Å². The summed E-state index contributed by atoms with van der Waals surface area (Å²) in [6.07, 6.45) is 0.437. The molecule has 0 aliphatic heterocycles. The van der Waals surface area contributed by atoms with Crippen LogP contribution in [0.25, 0.3) is 0 Å². The lowest BCUT2D eigenvalue weighted by Gasteiger charge is -1.90. The number of thiophene rings is 1. The Morgan fingerprint density at radius 2 is 2.00 bits per heavy atom. The van der Waals surface area contributed by atoms with Crippen molar-refractivity contribution in [3.05, 3.63) is 21.9 Å². The first-order valence-electron chi connectivity index (χ1n) is 3.63. The van der Waals surface area contributed by atoms with Crippen molar-refractivity contribution in [2.45, 2.75) is 12.8 Å².